The molecular weight excluding hydrogens is 486 g/mol. The molecule has 0 aliphatic carbocycles. The summed E-state index contributed by atoms with van der Waals surface area (Å²) in [6.45, 7) is 6.86. The molecule has 0 atom stereocenters. The number of halogens is 2. The summed E-state index contributed by atoms with van der Waals surface area (Å²) in [5.74, 6) is 0.658. The quantitative estimate of drug-likeness (QED) is 0.298. The molecule has 0 aliphatic rings. The summed E-state index contributed by atoms with van der Waals surface area (Å²) < 4.78 is 20.8. The smallest absolute Gasteiger partial charge is 0.267 e. The Morgan fingerprint density at radius 3 is 2.36 bits per heavy atom. The third-order valence-electron chi connectivity index (χ3n) is 4.86. The van der Waals surface area contributed by atoms with Crippen molar-refractivity contribution in [1.82, 2.24) is 5.10 Å². The molecule has 3 aromatic rings. The van der Waals surface area contributed by atoms with Crippen molar-refractivity contribution in [2.24, 2.45) is 0 Å². The van der Waals surface area contributed by atoms with Gasteiger partial charge in [0.25, 0.3) is 5.03 Å². The van der Waals surface area contributed by atoms with E-state index >= 15 is 0 Å². The summed E-state index contributed by atoms with van der Waals surface area (Å²) in [7, 11) is 1.70. The molecule has 0 fully saturated rings. The highest BCUT2D eigenvalue weighted by Crippen LogP contribution is 2.27. The van der Waals surface area contributed by atoms with Gasteiger partial charge in [-0.2, -0.15) is 0 Å². The number of benzene rings is 2. The van der Waals surface area contributed by atoms with Gasteiger partial charge in [-0.3, -0.25) is 0 Å². The summed E-state index contributed by atoms with van der Waals surface area (Å²) in [6.07, 6.45) is 2.04. The molecule has 1 aromatic heterocycles. The lowest BCUT2D eigenvalue weighted by Gasteiger charge is -2.12. The summed E-state index contributed by atoms with van der Waals surface area (Å²) in [6, 6.07) is 12.8. The Bertz CT molecular complexity index is 977. The molecule has 0 radical (unpaired) electrons. The standard InChI is InChI=1S/C22H24FN2OS.HI/c1-14-6-11-21(26-4)15(2)20(14)13-25-22(27-5)12-19(16(3)24-25)17-7-9-18(23)10-8-17;/h6-12H,13H2,1-5H3;1H/q+1;/p-1. The number of aryl methyl sites for hydroxylation is 2. The highest BCUT2D eigenvalue weighted by atomic mass is 127. The SMILES string of the molecule is COc1ccc(C)c(C[n+]2nc(C)c(-c3ccc(F)cc3)cc2SC)c1C.[I-]. The molecule has 6 heteroatoms. The van der Waals surface area contributed by atoms with E-state index in [9.17, 15) is 4.39 Å². The van der Waals surface area contributed by atoms with E-state index in [1.807, 2.05) is 23.9 Å². The Hall–Kier alpha value is -1.67. The van der Waals surface area contributed by atoms with Crippen LogP contribution in [0.25, 0.3) is 11.1 Å². The molecule has 0 N–H and O–H groups in total. The van der Waals surface area contributed by atoms with E-state index in [1.54, 1.807) is 31.0 Å². The van der Waals surface area contributed by atoms with E-state index < -0.39 is 0 Å². The van der Waals surface area contributed by atoms with E-state index in [0.717, 1.165) is 33.2 Å². The van der Waals surface area contributed by atoms with Crippen LogP contribution in [-0.4, -0.2) is 18.5 Å². The highest BCUT2D eigenvalue weighted by Gasteiger charge is 2.21. The van der Waals surface area contributed by atoms with Gasteiger partial charge in [0.15, 0.2) is 0 Å². The van der Waals surface area contributed by atoms with Gasteiger partial charge in [-0.15, -0.1) is 0 Å². The van der Waals surface area contributed by atoms with Crippen molar-refractivity contribution in [2.75, 3.05) is 13.4 Å². The van der Waals surface area contributed by atoms with Gasteiger partial charge in [-0.25, -0.2) is 4.39 Å². The number of aromatic nitrogens is 2. The van der Waals surface area contributed by atoms with Crippen LogP contribution in [0.2, 0.25) is 0 Å². The summed E-state index contributed by atoms with van der Waals surface area (Å²) in [4.78, 5) is 0. The number of methoxy groups -OCH3 is 1. The van der Waals surface area contributed by atoms with Crippen molar-refractivity contribution < 1.29 is 37.8 Å². The van der Waals surface area contributed by atoms with Crippen LogP contribution in [0.5, 0.6) is 5.75 Å². The maximum Gasteiger partial charge on any atom is 0.267 e. The van der Waals surface area contributed by atoms with Crippen molar-refractivity contribution in [3.63, 3.8) is 0 Å². The first-order valence-electron chi connectivity index (χ1n) is 8.79. The molecule has 148 valence electrons. The van der Waals surface area contributed by atoms with Crippen molar-refractivity contribution in [3.05, 3.63) is 70.7 Å². The molecule has 0 aliphatic heterocycles. The van der Waals surface area contributed by atoms with Gasteiger partial charge in [-0.1, -0.05) is 34.6 Å². The Balaban J connectivity index is 0.00000280. The topological polar surface area (TPSA) is 26.0 Å². The summed E-state index contributed by atoms with van der Waals surface area (Å²) in [5.41, 5.74) is 6.48. The number of ether oxygens (including phenoxy) is 1. The van der Waals surface area contributed by atoms with Crippen LogP contribution in [-0.2, 0) is 6.54 Å². The van der Waals surface area contributed by atoms with Crippen LogP contribution in [0, 0.1) is 26.6 Å². The monoisotopic (exact) mass is 510 g/mol. The first kappa shape index (κ1) is 22.6. The molecule has 0 spiro atoms. The zero-order chi connectivity index (χ0) is 19.6. The van der Waals surface area contributed by atoms with Crippen LogP contribution < -0.4 is 33.4 Å². The zero-order valence-corrected chi connectivity index (χ0v) is 19.7. The Morgan fingerprint density at radius 1 is 1.07 bits per heavy atom. The second-order valence-corrected chi connectivity index (χ2v) is 7.37. The molecular formula is C22H24FIN2OS. The molecule has 28 heavy (non-hydrogen) atoms. The lowest BCUT2D eigenvalue weighted by Crippen LogP contribution is -3.00. The molecule has 0 amide bonds. The number of hydrogen-bond acceptors (Lipinski definition) is 3. The van der Waals surface area contributed by atoms with Crippen LogP contribution in [0.15, 0.2) is 47.5 Å². The second-order valence-electron chi connectivity index (χ2n) is 6.54. The molecule has 0 saturated heterocycles. The number of rotatable bonds is 5. The molecule has 0 unspecified atom stereocenters. The molecule has 0 saturated carbocycles. The Morgan fingerprint density at radius 2 is 1.75 bits per heavy atom. The fourth-order valence-corrected chi connectivity index (χ4v) is 3.82. The third kappa shape index (κ3) is 4.66. The minimum atomic E-state index is -0.232. The van der Waals surface area contributed by atoms with Gasteiger partial charge in [0.1, 0.15) is 17.3 Å². The minimum Gasteiger partial charge on any atom is -1.00 e. The molecule has 3 nitrogen and oxygen atoms in total. The third-order valence-corrected chi connectivity index (χ3v) is 5.60. The average Bonchev–Trinajstić information content (AvgIpc) is 2.66. The molecule has 1 heterocycles. The molecule has 0 bridgehead atoms. The molecule has 2 aromatic carbocycles. The van der Waals surface area contributed by atoms with Crippen molar-refractivity contribution in [1.29, 1.82) is 0 Å². The van der Waals surface area contributed by atoms with E-state index in [4.69, 9.17) is 9.84 Å². The van der Waals surface area contributed by atoms with Gasteiger partial charge in [-0.05, 0) is 61.5 Å². The normalized spacial score (nSPS) is 10.5. The number of thioether (sulfide) groups is 1. The van der Waals surface area contributed by atoms with Crippen molar-refractivity contribution >= 4 is 11.8 Å². The largest absolute Gasteiger partial charge is 1.00 e. The number of nitrogens with zero attached hydrogens (tertiary/aromatic N) is 2. The van der Waals surface area contributed by atoms with Crippen molar-refractivity contribution in [2.45, 2.75) is 32.3 Å². The highest BCUT2D eigenvalue weighted by molar-refractivity contribution is 7.98. The van der Waals surface area contributed by atoms with Crippen LogP contribution in [0.1, 0.15) is 22.4 Å². The first-order valence-corrected chi connectivity index (χ1v) is 10.0. The van der Waals surface area contributed by atoms with Gasteiger partial charge in [0.2, 0.25) is 6.54 Å². The number of hydrogen-bond donors (Lipinski definition) is 0. The van der Waals surface area contributed by atoms with Gasteiger partial charge < -0.3 is 28.7 Å². The Labute approximate surface area is 187 Å². The predicted octanol–water partition coefficient (Wildman–Crippen LogP) is 1.88. The Kier molecular flexibility index (Phi) is 7.83. The summed E-state index contributed by atoms with van der Waals surface area (Å²) >= 11 is 1.65. The van der Waals surface area contributed by atoms with E-state index in [2.05, 4.69) is 26.0 Å². The predicted molar refractivity (Wildman–Crippen MR) is 108 cm³/mol. The lowest BCUT2D eigenvalue weighted by atomic mass is 10.0. The first-order chi connectivity index (χ1) is 12.9. The van der Waals surface area contributed by atoms with Gasteiger partial charge in [0, 0.05) is 22.8 Å². The van der Waals surface area contributed by atoms with Crippen LogP contribution in [0.3, 0.4) is 0 Å². The maximum absolute atomic E-state index is 13.3. The van der Waals surface area contributed by atoms with Crippen LogP contribution in [0.4, 0.5) is 4.39 Å². The van der Waals surface area contributed by atoms with Crippen molar-refractivity contribution in [3.8, 4) is 16.9 Å². The zero-order valence-electron chi connectivity index (χ0n) is 16.7. The van der Waals surface area contributed by atoms with Crippen LogP contribution >= 0.6 is 11.8 Å². The average molecular weight is 510 g/mol. The fourth-order valence-electron chi connectivity index (χ4n) is 3.27. The maximum atomic E-state index is 13.3. The van der Waals surface area contributed by atoms with Gasteiger partial charge in [0.05, 0.1) is 7.11 Å². The lowest BCUT2D eigenvalue weighted by molar-refractivity contribution is -0.780. The van der Waals surface area contributed by atoms with E-state index in [1.165, 1.54) is 23.3 Å². The minimum absolute atomic E-state index is 0. The van der Waals surface area contributed by atoms with E-state index in [0.29, 0.717) is 6.54 Å². The fraction of sp³-hybridized carbons (Fsp3) is 0.273. The summed E-state index contributed by atoms with van der Waals surface area (Å²) in [5, 5.41) is 5.89. The van der Waals surface area contributed by atoms with Gasteiger partial charge >= 0.3 is 0 Å². The van der Waals surface area contributed by atoms with E-state index in [-0.39, 0.29) is 29.8 Å². The molecule has 3 rings (SSSR count). The second kappa shape index (κ2) is 9.69.